The van der Waals surface area contributed by atoms with Crippen molar-refractivity contribution in [2.45, 2.75) is 32.4 Å². The van der Waals surface area contributed by atoms with E-state index in [1.54, 1.807) is 13.3 Å². The van der Waals surface area contributed by atoms with Crippen LogP contribution in [0.3, 0.4) is 0 Å². The van der Waals surface area contributed by atoms with Crippen LogP contribution in [0.5, 0.6) is 5.75 Å². The van der Waals surface area contributed by atoms with E-state index in [2.05, 4.69) is 53.5 Å². The fourth-order valence-corrected chi connectivity index (χ4v) is 4.44. The molecule has 6 heteroatoms. The second kappa shape index (κ2) is 10.1. The van der Waals surface area contributed by atoms with Gasteiger partial charge in [0.2, 0.25) is 0 Å². The van der Waals surface area contributed by atoms with E-state index in [1.807, 2.05) is 48.7 Å². The summed E-state index contributed by atoms with van der Waals surface area (Å²) in [6.07, 6.45) is 3.67. The highest BCUT2D eigenvalue weighted by Gasteiger charge is 2.22. The molecule has 0 aliphatic rings. The van der Waals surface area contributed by atoms with Gasteiger partial charge in [-0.1, -0.05) is 62.1 Å². The van der Waals surface area contributed by atoms with E-state index in [-0.39, 0.29) is 0 Å². The Kier molecular flexibility index (Phi) is 7.06. The zero-order chi connectivity index (χ0) is 23.3. The first-order valence-electron chi connectivity index (χ1n) is 11.2. The second-order valence-corrected chi connectivity index (χ2v) is 14.9. The van der Waals surface area contributed by atoms with Crippen LogP contribution in [0.1, 0.15) is 0 Å². The molecule has 4 aromatic rings. The van der Waals surface area contributed by atoms with Gasteiger partial charge in [0.1, 0.15) is 18.3 Å². The number of nitrogens with zero attached hydrogens (tertiary/aromatic N) is 3. The van der Waals surface area contributed by atoms with E-state index < -0.39 is 8.07 Å². The van der Waals surface area contributed by atoms with Gasteiger partial charge in [0, 0.05) is 43.8 Å². The maximum Gasteiger partial charge on any atom is 0.143 e. The van der Waals surface area contributed by atoms with Gasteiger partial charge < -0.3 is 9.47 Å². The van der Waals surface area contributed by atoms with Crippen LogP contribution < -0.4 is 4.74 Å². The lowest BCUT2D eigenvalue weighted by atomic mass is 10.1. The molecule has 0 amide bonds. The number of rotatable bonds is 9. The molecule has 0 N–H and O–H groups in total. The number of methoxy groups -OCH3 is 1. The molecule has 0 bridgehead atoms. The Hall–Kier alpha value is -3.22. The van der Waals surface area contributed by atoms with Crippen molar-refractivity contribution in [2.24, 2.45) is 0 Å². The third-order valence-corrected chi connectivity index (χ3v) is 7.20. The van der Waals surface area contributed by atoms with E-state index in [0.717, 1.165) is 52.3 Å². The molecular formula is C27H31N3O2Si. The maximum atomic E-state index is 6.23. The highest BCUT2D eigenvalue weighted by molar-refractivity contribution is 6.76. The van der Waals surface area contributed by atoms with Crippen molar-refractivity contribution in [3.63, 3.8) is 0 Å². The van der Waals surface area contributed by atoms with E-state index in [0.29, 0.717) is 6.73 Å². The zero-order valence-electron chi connectivity index (χ0n) is 19.8. The summed E-state index contributed by atoms with van der Waals surface area (Å²) in [4.78, 5) is 9.52. The predicted octanol–water partition coefficient (Wildman–Crippen LogP) is 6.60. The molecule has 0 fully saturated rings. The molecule has 0 aliphatic carbocycles. The summed E-state index contributed by atoms with van der Waals surface area (Å²) >= 11 is 0. The maximum absolute atomic E-state index is 6.23. The van der Waals surface area contributed by atoms with Crippen LogP contribution in [0.2, 0.25) is 25.7 Å². The van der Waals surface area contributed by atoms with E-state index in [4.69, 9.17) is 14.5 Å². The average Bonchev–Trinajstić information content (AvgIpc) is 3.22. The third-order valence-electron chi connectivity index (χ3n) is 5.49. The Morgan fingerprint density at radius 1 is 0.879 bits per heavy atom. The number of aromatic nitrogens is 3. The lowest BCUT2D eigenvalue weighted by molar-refractivity contribution is 0.0893. The first kappa shape index (κ1) is 23.0. The van der Waals surface area contributed by atoms with Crippen LogP contribution in [0.15, 0.2) is 79.1 Å². The van der Waals surface area contributed by atoms with Gasteiger partial charge in [-0.2, -0.15) is 0 Å². The summed E-state index contributed by atoms with van der Waals surface area (Å²) in [6, 6.07) is 23.4. The van der Waals surface area contributed by atoms with Crippen molar-refractivity contribution < 1.29 is 9.47 Å². The minimum atomic E-state index is -1.18. The van der Waals surface area contributed by atoms with Crippen molar-refractivity contribution in [2.75, 3.05) is 13.7 Å². The minimum absolute atomic E-state index is 0.426. The Labute approximate surface area is 197 Å². The normalized spacial score (nSPS) is 11.5. The fraction of sp³-hybridized carbons (Fsp3) is 0.259. The number of hydrogen-bond acceptors (Lipinski definition) is 4. The molecule has 33 heavy (non-hydrogen) atoms. The van der Waals surface area contributed by atoms with Crippen LogP contribution >= 0.6 is 0 Å². The van der Waals surface area contributed by atoms with Gasteiger partial charge in [-0.05, 0) is 30.3 Å². The Morgan fingerprint density at radius 3 is 2.33 bits per heavy atom. The summed E-state index contributed by atoms with van der Waals surface area (Å²) in [5.74, 6) is 1.67. The summed E-state index contributed by atoms with van der Waals surface area (Å²) in [5, 5.41) is 0. The smallest absolute Gasteiger partial charge is 0.143 e. The summed E-state index contributed by atoms with van der Waals surface area (Å²) in [6.45, 7) is 8.26. The van der Waals surface area contributed by atoms with Gasteiger partial charge in [-0.15, -0.1) is 0 Å². The molecule has 2 aromatic heterocycles. The van der Waals surface area contributed by atoms with Gasteiger partial charge >= 0.3 is 0 Å². The SMILES string of the molecule is COc1cccc(-c2nc(-c3ccccc3)n(COCC[Si](C)(C)C)c2-c2cccnc2)c1. The molecule has 0 spiro atoms. The average molecular weight is 458 g/mol. The van der Waals surface area contributed by atoms with E-state index in [9.17, 15) is 0 Å². The van der Waals surface area contributed by atoms with Gasteiger partial charge in [-0.3, -0.25) is 9.55 Å². The van der Waals surface area contributed by atoms with Gasteiger partial charge in [-0.25, -0.2) is 4.98 Å². The Morgan fingerprint density at radius 2 is 1.64 bits per heavy atom. The van der Waals surface area contributed by atoms with Crippen molar-refractivity contribution in [3.8, 4) is 39.7 Å². The lowest BCUT2D eigenvalue weighted by Crippen LogP contribution is -2.22. The molecular weight excluding hydrogens is 426 g/mol. The Balaban J connectivity index is 1.86. The summed E-state index contributed by atoms with van der Waals surface area (Å²) in [7, 11) is 0.500. The molecule has 2 heterocycles. The molecule has 0 saturated carbocycles. The zero-order valence-corrected chi connectivity index (χ0v) is 20.8. The lowest BCUT2D eigenvalue weighted by Gasteiger charge is -2.17. The highest BCUT2D eigenvalue weighted by atomic mass is 28.3. The quantitative estimate of drug-likeness (QED) is 0.210. The summed E-state index contributed by atoms with van der Waals surface area (Å²) < 4.78 is 13.9. The van der Waals surface area contributed by atoms with Crippen LogP contribution in [0, 0.1) is 0 Å². The molecule has 0 radical (unpaired) electrons. The number of imidazole rings is 1. The van der Waals surface area contributed by atoms with Crippen LogP contribution in [-0.2, 0) is 11.5 Å². The van der Waals surface area contributed by atoms with Gasteiger partial charge in [0.05, 0.1) is 18.5 Å². The molecule has 0 saturated heterocycles. The number of hydrogen-bond donors (Lipinski definition) is 0. The van der Waals surface area contributed by atoms with E-state index >= 15 is 0 Å². The number of benzene rings is 2. The topological polar surface area (TPSA) is 49.2 Å². The van der Waals surface area contributed by atoms with Crippen LogP contribution in [0.4, 0.5) is 0 Å². The standard InChI is InChI=1S/C27H31N3O2Si/c1-31-24-14-8-12-22(18-24)25-26(23-13-9-15-28-19-23)30(20-32-16-17-33(2,3)4)27(29-25)21-10-6-5-7-11-21/h5-15,18-19H,16-17,20H2,1-4H3. The number of ether oxygens (including phenoxy) is 2. The molecule has 5 nitrogen and oxygen atoms in total. The van der Waals surface area contributed by atoms with Crippen molar-refractivity contribution in [1.82, 2.24) is 14.5 Å². The fourth-order valence-electron chi connectivity index (χ4n) is 3.69. The summed E-state index contributed by atoms with van der Waals surface area (Å²) in [5.41, 5.74) is 4.91. The second-order valence-electron chi connectivity index (χ2n) is 9.25. The molecule has 0 aliphatic heterocycles. The minimum Gasteiger partial charge on any atom is -0.497 e. The van der Waals surface area contributed by atoms with Crippen molar-refractivity contribution >= 4 is 8.07 Å². The molecule has 170 valence electrons. The molecule has 0 unspecified atom stereocenters. The third kappa shape index (κ3) is 5.59. The first-order chi connectivity index (χ1) is 16.0. The molecule has 2 aromatic carbocycles. The largest absolute Gasteiger partial charge is 0.497 e. The van der Waals surface area contributed by atoms with Crippen LogP contribution in [0.25, 0.3) is 33.9 Å². The molecule has 0 atom stereocenters. The molecule has 4 rings (SSSR count). The van der Waals surface area contributed by atoms with Crippen molar-refractivity contribution in [3.05, 3.63) is 79.1 Å². The van der Waals surface area contributed by atoms with Crippen molar-refractivity contribution in [1.29, 1.82) is 0 Å². The van der Waals surface area contributed by atoms with Gasteiger partial charge in [0.25, 0.3) is 0 Å². The predicted molar refractivity (Wildman–Crippen MR) is 137 cm³/mol. The first-order valence-corrected chi connectivity index (χ1v) is 15.0. The monoisotopic (exact) mass is 457 g/mol. The number of pyridine rings is 1. The van der Waals surface area contributed by atoms with E-state index in [1.165, 1.54) is 0 Å². The highest BCUT2D eigenvalue weighted by Crippen LogP contribution is 2.37. The Bertz CT molecular complexity index is 1190. The van der Waals surface area contributed by atoms with Crippen LogP contribution in [-0.4, -0.2) is 36.3 Å². The van der Waals surface area contributed by atoms with Gasteiger partial charge in [0.15, 0.2) is 0 Å².